The smallest absolute Gasteiger partial charge is 0.316 e. The zero-order valence-corrected chi connectivity index (χ0v) is 12.5. The van der Waals surface area contributed by atoms with Gasteiger partial charge in [-0.2, -0.15) is 0 Å². The van der Waals surface area contributed by atoms with Crippen LogP contribution in [0.25, 0.3) is 22.6 Å². The van der Waals surface area contributed by atoms with Gasteiger partial charge in [0, 0.05) is 40.1 Å². The van der Waals surface area contributed by atoms with E-state index in [2.05, 4.69) is 20.6 Å². The van der Waals surface area contributed by atoms with Gasteiger partial charge < -0.3 is 21.4 Å². The Hall–Kier alpha value is -3.61. The molecule has 1 aliphatic rings. The first-order chi connectivity index (χ1) is 11.6. The molecule has 0 saturated heterocycles. The van der Waals surface area contributed by atoms with Gasteiger partial charge in [-0.1, -0.05) is 0 Å². The van der Waals surface area contributed by atoms with Crippen LogP contribution in [-0.2, 0) is 4.79 Å². The van der Waals surface area contributed by atoms with Gasteiger partial charge in [-0.25, -0.2) is 9.78 Å². The normalized spacial score (nSPS) is 14.7. The van der Waals surface area contributed by atoms with E-state index in [1.807, 2.05) is 18.3 Å². The summed E-state index contributed by atoms with van der Waals surface area (Å²) in [4.78, 5) is 30.5. The number of nitrogens with zero attached hydrogens (tertiary/aromatic N) is 1. The predicted molar refractivity (Wildman–Crippen MR) is 92.2 cm³/mol. The Morgan fingerprint density at radius 1 is 1.29 bits per heavy atom. The Morgan fingerprint density at radius 2 is 2.17 bits per heavy atom. The minimum Gasteiger partial charge on any atom is -0.361 e. The molecule has 5 N–H and O–H groups in total. The molecule has 3 heterocycles. The van der Waals surface area contributed by atoms with Crippen LogP contribution < -0.4 is 16.4 Å². The van der Waals surface area contributed by atoms with E-state index in [0.29, 0.717) is 17.1 Å². The van der Waals surface area contributed by atoms with Gasteiger partial charge >= 0.3 is 6.03 Å². The number of hydrogen-bond acceptors (Lipinski definition) is 3. The fourth-order valence-corrected chi connectivity index (χ4v) is 2.80. The fourth-order valence-electron chi connectivity index (χ4n) is 2.80. The summed E-state index contributed by atoms with van der Waals surface area (Å²) in [6.45, 7) is 0. The zero-order valence-electron chi connectivity index (χ0n) is 12.5. The molecule has 3 amide bonds. The lowest BCUT2D eigenvalue weighted by molar-refractivity contribution is -0.110. The SMILES string of the molecule is NC(=O)Nc1ccc2[nH]cc(C=C3C(=O)Nc4ncccc43)c2c1. The van der Waals surface area contributed by atoms with Crippen molar-refractivity contribution in [2.24, 2.45) is 5.73 Å². The number of nitrogens with two attached hydrogens (primary N) is 1. The molecule has 0 bridgehead atoms. The first-order valence-electron chi connectivity index (χ1n) is 7.28. The number of aromatic amines is 1. The minimum atomic E-state index is -0.625. The molecule has 24 heavy (non-hydrogen) atoms. The number of rotatable bonds is 2. The third kappa shape index (κ3) is 2.28. The summed E-state index contributed by atoms with van der Waals surface area (Å²) in [6, 6.07) is 8.41. The predicted octanol–water partition coefficient (Wildman–Crippen LogP) is 2.55. The van der Waals surface area contributed by atoms with Gasteiger partial charge in [-0.05, 0) is 36.4 Å². The maximum atomic E-state index is 12.2. The topological polar surface area (TPSA) is 113 Å². The van der Waals surface area contributed by atoms with E-state index in [4.69, 9.17) is 5.73 Å². The summed E-state index contributed by atoms with van der Waals surface area (Å²) in [7, 11) is 0. The van der Waals surface area contributed by atoms with Gasteiger partial charge in [0.25, 0.3) is 5.91 Å². The molecule has 0 radical (unpaired) electrons. The minimum absolute atomic E-state index is 0.190. The first-order valence-corrected chi connectivity index (χ1v) is 7.28. The fraction of sp³-hybridized carbons (Fsp3) is 0. The van der Waals surface area contributed by atoms with E-state index in [1.165, 1.54) is 0 Å². The molecule has 0 fully saturated rings. The summed E-state index contributed by atoms with van der Waals surface area (Å²) in [6.07, 6.45) is 5.25. The van der Waals surface area contributed by atoms with Crippen LogP contribution in [0.2, 0.25) is 0 Å². The molecule has 2 aromatic heterocycles. The first kappa shape index (κ1) is 14.0. The molecule has 1 aromatic carbocycles. The number of pyridine rings is 1. The van der Waals surface area contributed by atoms with Crippen molar-refractivity contribution >= 4 is 46.0 Å². The molecular formula is C17H13N5O2. The van der Waals surface area contributed by atoms with Crippen molar-refractivity contribution < 1.29 is 9.59 Å². The highest BCUT2D eigenvalue weighted by molar-refractivity contribution is 6.34. The van der Waals surface area contributed by atoms with Crippen molar-refractivity contribution in [2.75, 3.05) is 10.6 Å². The lowest BCUT2D eigenvalue weighted by Gasteiger charge is -2.02. The van der Waals surface area contributed by atoms with E-state index in [0.717, 1.165) is 22.0 Å². The summed E-state index contributed by atoms with van der Waals surface area (Å²) < 4.78 is 0. The number of H-pyrrole nitrogens is 1. The molecule has 1 aliphatic heterocycles. The number of amides is 3. The molecule has 118 valence electrons. The van der Waals surface area contributed by atoms with Crippen LogP contribution in [0.3, 0.4) is 0 Å². The lowest BCUT2D eigenvalue weighted by Crippen LogP contribution is -2.19. The van der Waals surface area contributed by atoms with Gasteiger partial charge in [0.05, 0.1) is 5.57 Å². The Balaban J connectivity index is 1.82. The summed E-state index contributed by atoms with van der Waals surface area (Å²) in [5.74, 6) is 0.370. The lowest BCUT2D eigenvalue weighted by atomic mass is 10.0. The number of anilines is 2. The van der Waals surface area contributed by atoms with E-state index >= 15 is 0 Å². The third-order valence-electron chi connectivity index (χ3n) is 3.86. The highest BCUT2D eigenvalue weighted by atomic mass is 16.2. The van der Waals surface area contributed by atoms with Gasteiger partial charge in [-0.3, -0.25) is 4.79 Å². The van der Waals surface area contributed by atoms with Crippen LogP contribution in [0.1, 0.15) is 11.1 Å². The van der Waals surface area contributed by atoms with Crippen molar-refractivity contribution in [3.63, 3.8) is 0 Å². The molecule has 0 spiro atoms. The highest BCUT2D eigenvalue weighted by Gasteiger charge is 2.25. The van der Waals surface area contributed by atoms with Crippen LogP contribution in [0, 0.1) is 0 Å². The van der Waals surface area contributed by atoms with E-state index in [9.17, 15) is 9.59 Å². The van der Waals surface area contributed by atoms with Crippen molar-refractivity contribution in [1.82, 2.24) is 9.97 Å². The van der Waals surface area contributed by atoms with Crippen molar-refractivity contribution in [3.05, 3.63) is 53.9 Å². The van der Waals surface area contributed by atoms with Gasteiger partial charge in [0.2, 0.25) is 0 Å². The summed E-state index contributed by atoms with van der Waals surface area (Å²) >= 11 is 0. The number of carbonyl (C=O) groups excluding carboxylic acids is 2. The molecule has 0 atom stereocenters. The van der Waals surface area contributed by atoms with Gasteiger partial charge in [0.15, 0.2) is 0 Å². The Morgan fingerprint density at radius 3 is 3.00 bits per heavy atom. The average molecular weight is 319 g/mol. The second-order valence-corrected chi connectivity index (χ2v) is 5.41. The number of urea groups is 1. The molecule has 0 saturated carbocycles. The summed E-state index contributed by atoms with van der Waals surface area (Å²) in [5, 5.41) is 6.16. The van der Waals surface area contributed by atoms with Crippen LogP contribution in [-0.4, -0.2) is 21.9 Å². The Kier molecular flexibility index (Phi) is 3.06. The molecule has 7 heteroatoms. The Bertz CT molecular complexity index is 1020. The number of hydrogen-bond donors (Lipinski definition) is 4. The van der Waals surface area contributed by atoms with Crippen molar-refractivity contribution in [2.45, 2.75) is 0 Å². The van der Waals surface area contributed by atoms with E-state index in [1.54, 1.807) is 30.5 Å². The van der Waals surface area contributed by atoms with E-state index in [-0.39, 0.29) is 5.91 Å². The second-order valence-electron chi connectivity index (χ2n) is 5.41. The average Bonchev–Trinajstić information content (AvgIpc) is 3.09. The van der Waals surface area contributed by atoms with Crippen LogP contribution in [0.5, 0.6) is 0 Å². The third-order valence-corrected chi connectivity index (χ3v) is 3.86. The molecule has 0 aliphatic carbocycles. The van der Waals surface area contributed by atoms with Gasteiger partial charge in [-0.15, -0.1) is 0 Å². The van der Waals surface area contributed by atoms with Gasteiger partial charge in [0.1, 0.15) is 5.82 Å². The highest BCUT2D eigenvalue weighted by Crippen LogP contribution is 2.33. The number of fused-ring (bicyclic) bond motifs is 2. The standard InChI is InChI=1S/C17H13N5O2/c18-17(24)21-10-3-4-14-12(7-10)9(8-20-14)6-13-11-2-1-5-19-15(11)22-16(13)23/h1-8,20H,(H3,18,21,24)(H,19,22,23). The van der Waals surface area contributed by atoms with Crippen LogP contribution in [0.15, 0.2) is 42.7 Å². The monoisotopic (exact) mass is 319 g/mol. The maximum absolute atomic E-state index is 12.2. The second kappa shape index (κ2) is 5.24. The molecule has 7 nitrogen and oxygen atoms in total. The maximum Gasteiger partial charge on any atom is 0.316 e. The number of aromatic nitrogens is 2. The molecule has 4 rings (SSSR count). The largest absolute Gasteiger partial charge is 0.361 e. The number of carbonyl (C=O) groups is 2. The number of benzene rings is 1. The molecular weight excluding hydrogens is 306 g/mol. The Labute approximate surface area is 136 Å². The van der Waals surface area contributed by atoms with Crippen LogP contribution >= 0.6 is 0 Å². The zero-order chi connectivity index (χ0) is 16.7. The number of primary amides is 1. The molecule has 3 aromatic rings. The van der Waals surface area contributed by atoms with E-state index < -0.39 is 6.03 Å². The van der Waals surface area contributed by atoms with Crippen molar-refractivity contribution in [1.29, 1.82) is 0 Å². The van der Waals surface area contributed by atoms with Crippen molar-refractivity contribution in [3.8, 4) is 0 Å². The molecule has 0 unspecified atom stereocenters. The number of nitrogens with one attached hydrogen (secondary N) is 3. The van der Waals surface area contributed by atoms with Crippen LogP contribution in [0.4, 0.5) is 16.3 Å². The quantitative estimate of drug-likeness (QED) is 0.544. The summed E-state index contributed by atoms with van der Waals surface area (Å²) in [5.41, 5.74) is 8.78.